The summed E-state index contributed by atoms with van der Waals surface area (Å²) in [7, 11) is 2.00. The van der Waals surface area contributed by atoms with Gasteiger partial charge in [-0.15, -0.1) is 11.3 Å². The second-order valence-corrected chi connectivity index (χ2v) is 7.07. The maximum absolute atomic E-state index is 12.9. The number of carbonyl (C=O) groups is 1. The van der Waals surface area contributed by atoms with E-state index in [4.69, 9.17) is 0 Å². The lowest BCUT2D eigenvalue weighted by Crippen LogP contribution is -2.38. The van der Waals surface area contributed by atoms with Crippen molar-refractivity contribution < 1.29 is 4.79 Å². The number of hydrogen-bond donors (Lipinski definition) is 1. The Hall–Kier alpha value is -1.65. The van der Waals surface area contributed by atoms with Crippen LogP contribution in [0.15, 0.2) is 41.8 Å². The van der Waals surface area contributed by atoms with Gasteiger partial charge in [-0.2, -0.15) is 0 Å². The van der Waals surface area contributed by atoms with Crippen LogP contribution in [-0.4, -0.2) is 37.5 Å². The highest BCUT2D eigenvalue weighted by Crippen LogP contribution is 2.30. The van der Waals surface area contributed by atoms with Gasteiger partial charge in [0.25, 0.3) is 5.91 Å². The van der Waals surface area contributed by atoms with Crippen molar-refractivity contribution in [2.24, 2.45) is 5.92 Å². The van der Waals surface area contributed by atoms with Crippen molar-refractivity contribution in [1.29, 1.82) is 0 Å². The van der Waals surface area contributed by atoms with Crippen molar-refractivity contribution in [2.45, 2.75) is 19.3 Å². The van der Waals surface area contributed by atoms with E-state index in [1.807, 2.05) is 35.5 Å². The minimum absolute atomic E-state index is 0.200. The first-order valence-corrected chi connectivity index (χ1v) is 9.24. The summed E-state index contributed by atoms with van der Waals surface area (Å²) in [5, 5.41) is 5.24. The molecular formula is C19H24N2OS. The molecule has 23 heavy (non-hydrogen) atoms. The molecule has 2 aromatic rings. The SMILES string of the molecule is CNCCC1CCN(C(=O)c2sccc2-c2ccccc2)CC1. The fourth-order valence-electron chi connectivity index (χ4n) is 3.24. The van der Waals surface area contributed by atoms with Crippen LogP contribution >= 0.6 is 11.3 Å². The van der Waals surface area contributed by atoms with Crippen LogP contribution in [0.3, 0.4) is 0 Å². The summed E-state index contributed by atoms with van der Waals surface area (Å²) in [5.41, 5.74) is 2.19. The Morgan fingerprint density at radius 3 is 2.65 bits per heavy atom. The predicted molar refractivity (Wildman–Crippen MR) is 96.9 cm³/mol. The molecule has 0 unspecified atom stereocenters. The fraction of sp³-hybridized carbons (Fsp3) is 0.421. The standard InChI is InChI=1S/C19H24N2OS/c1-20-11-7-15-8-12-21(13-9-15)19(22)18-17(10-14-23-18)16-5-3-2-4-6-16/h2-6,10,14-15,20H,7-9,11-13H2,1H3. The Balaban J connectivity index is 1.67. The highest BCUT2D eigenvalue weighted by molar-refractivity contribution is 7.12. The number of likely N-dealkylation sites (tertiary alicyclic amines) is 1. The quantitative estimate of drug-likeness (QED) is 0.903. The largest absolute Gasteiger partial charge is 0.338 e. The van der Waals surface area contributed by atoms with Crippen LogP contribution in [0.1, 0.15) is 28.9 Å². The molecule has 0 radical (unpaired) electrons. The molecule has 1 aliphatic rings. The topological polar surface area (TPSA) is 32.3 Å². The van der Waals surface area contributed by atoms with Gasteiger partial charge in [-0.1, -0.05) is 30.3 Å². The molecule has 0 saturated carbocycles. The van der Waals surface area contributed by atoms with Gasteiger partial charge in [0.1, 0.15) is 0 Å². The van der Waals surface area contributed by atoms with E-state index in [1.54, 1.807) is 11.3 Å². The van der Waals surface area contributed by atoms with Crippen molar-refractivity contribution in [3.8, 4) is 11.1 Å². The van der Waals surface area contributed by atoms with Gasteiger partial charge >= 0.3 is 0 Å². The molecule has 1 N–H and O–H groups in total. The minimum Gasteiger partial charge on any atom is -0.338 e. The van der Waals surface area contributed by atoms with E-state index in [9.17, 15) is 4.79 Å². The van der Waals surface area contributed by atoms with Gasteiger partial charge in [-0.3, -0.25) is 4.79 Å². The Morgan fingerprint density at radius 1 is 1.22 bits per heavy atom. The van der Waals surface area contributed by atoms with Gasteiger partial charge < -0.3 is 10.2 Å². The van der Waals surface area contributed by atoms with Crippen LogP contribution in [0, 0.1) is 5.92 Å². The molecule has 3 nitrogen and oxygen atoms in total. The normalized spacial score (nSPS) is 15.8. The van der Waals surface area contributed by atoms with Gasteiger partial charge in [0, 0.05) is 18.7 Å². The Morgan fingerprint density at radius 2 is 1.96 bits per heavy atom. The molecule has 0 bridgehead atoms. The van der Waals surface area contributed by atoms with Crippen LogP contribution < -0.4 is 5.32 Å². The number of thiophene rings is 1. The lowest BCUT2D eigenvalue weighted by atomic mass is 9.93. The van der Waals surface area contributed by atoms with Crippen LogP contribution in [0.2, 0.25) is 0 Å². The summed E-state index contributed by atoms with van der Waals surface area (Å²) in [6, 6.07) is 12.3. The number of amides is 1. The predicted octanol–water partition coefficient (Wildman–Crippen LogP) is 3.88. The highest BCUT2D eigenvalue weighted by atomic mass is 32.1. The molecule has 1 aliphatic heterocycles. The van der Waals surface area contributed by atoms with Gasteiger partial charge in [0.15, 0.2) is 0 Å². The second kappa shape index (κ2) is 7.75. The van der Waals surface area contributed by atoms with Crippen LogP contribution in [0.4, 0.5) is 0 Å². The summed E-state index contributed by atoms with van der Waals surface area (Å²) >= 11 is 1.56. The number of hydrogen-bond acceptors (Lipinski definition) is 3. The number of nitrogens with one attached hydrogen (secondary N) is 1. The molecule has 1 aromatic carbocycles. The summed E-state index contributed by atoms with van der Waals surface area (Å²) in [6.07, 6.45) is 3.46. The number of rotatable bonds is 5. The van der Waals surface area contributed by atoms with E-state index >= 15 is 0 Å². The zero-order chi connectivity index (χ0) is 16.1. The van der Waals surface area contributed by atoms with Gasteiger partial charge in [0.05, 0.1) is 4.88 Å². The maximum atomic E-state index is 12.9. The highest BCUT2D eigenvalue weighted by Gasteiger charge is 2.25. The molecule has 0 atom stereocenters. The Kier molecular flexibility index (Phi) is 5.47. The third-order valence-electron chi connectivity index (χ3n) is 4.65. The fourth-order valence-corrected chi connectivity index (χ4v) is 4.12. The lowest BCUT2D eigenvalue weighted by molar-refractivity contribution is 0.0693. The first kappa shape index (κ1) is 16.2. The molecule has 1 amide bonds. The maximum Gasteiger partial charge on any atom is 0.264 e. The number of benzene rings is 1. The zero-order valence-corrected chi connectivity index (χ0v) is 14.4. The number of piperidine rings is 1. The van der Waals surface area contributed by atoms with E-state index in [-0.39, 0.29) is 5.91 Å². The van der Waals surface area contributed by atoms with Crippen LogP contribution in [0.5, 0.6) is 0 Å². The lowest BCUT2D eigenvalue weighted by Gasteiger charge is -2.32. The molecule has 0 spiro atoms. The Labute approximate surface area is 142 Å². The molecule has 3 rings (SSSR count). The summed E-state index contributed by atoms with van der Waals surface area (Å²) in [4.78, 5) is 15.8. The smallest absolute Gasteiger partial charge is 0.264 e. The summed E-state index contributed by atoms with van der Waals surface area (Å²) in [6.45, 7) is 2.85. The summed E-state index contributed by atoms with van der Waals surface area (Å²) in [5.74, 6) is 0.953. The summed E-state index contributed by atoms with van der Waals surface area (Å²) < 4.78 is 0. The molecule has 0 aliphatic carbocycles. The first-order valence-electron chi connectivity index (χ1n) is 8.36. The van der Waals surface area contributed by atoms with Crippen molar-refractivity contribution in [3.63, 3.8) is 0 Å². The molecule has 1 saturated heterocycles. The molecule has 2 heterocycles. The van der Waals surface area contributed by atoms with E-state index in [0.717, 1.165) is 54.4 Å². The van der Waals surface area contributed by atoms with E-state index in [1.165, 1.54) is 6.42 Å². The molecule has 1 fully saturated rings. The molecule has 4 heteroatoms. The van der Waals surface area contributed by atoms with Crippen molar-refractivity contribution in [2.75, 3.05) is 26.7 Å². The molecule has 1 aromatic heterocycles. The van der Waals surface area contributed by atoms with E-state index < -0.39 is 0 Å². The third-order valence-corrected chi connectivity index (χ3v) is 5.55. The third kappa shape index (κ3) is 3.82. The van der Waals surface area contributed by atoms with Crippen LogP contribution in [0.25, 0.3) is 11.1 Å². The second-order valence-electron chi connectivity index (χ2n) is 6.16. The van der Waals surface area contributed by atoms with Crippen LogP contribution in [-0.2, 0) is 0 Å². The van der Waals surface area contributed by atoms with Gasteiger partial charge in [0.2, 0.25) is 0 Å². The molecule has 122 valence electrons. The van der Waals surface area contributed by atoms with E-state index in [2.05, 4.69) is 23.5 Å². The Bertz CT molecular complexity index is 630. The minimum atomic E-state index is 0.200. The van der Waals surface area contributed by atoms with Gasteiger partial charge in [-0.25, -0.2) is 0 Å². The molecular weight excluding hydrogens is 304 g/mol. The number of nitrogens with zero attached hydrogens (tertiary/aromatic N) is 1. The first-order chi connectivity index (χ1) is 11.3. The average molecular weight is 328 g/mol. The van der Waals surface area contributed by atoms with Crippen molar-refractivity contribution in [1.82, 2.24) is 10.2 Å². The van der Waals surface area contributed by atoms with Gasteiger partial charge in [-0.05, 0) is 55.8 Å². The monoisotopic (exact) mass is 328 g/mol. The van der Waals surface area contributed by atoms with E-state index in [0.29, 0.717) is 0 Å². The van der Waals surface area contributed by atoms with Crippen molar-refractivity contribution >= 4 is 17.2 Å². The zero-order valence-electron chi connectivity index (χ0n) is 13.6. The average Bonchev–Trinajstić information content (AvgIpc) is 3.10. The van der Waals surface area contributed by atoms with Crippen molar-refractivity contribution in [3.05, 3.63) is 46.7 Å². The number of carbonyl (C=O) groups excluding carboxylic acids is 1.